The molecule has 1 N–H and O–H groups in total. The molecule has 0 amide bonds. The molecule has 0 bridgehead atoms. The van der Waals surface area contributed by atoms with Crippen molar-refractivity contribution >= 4 is 10.1 Å². The van der Waals surface area contributed by atoms with E-state index in [9.17, 15) is 8.42 Å². The molecule has 0 aromatic carbocycles. The predicted molar refractivity (Wildman–Crippen MR) is 56.0 cm³/mol. The molecule has 0 aliphatic rings. The molecular weight excluding hydrogens is 188 g/mol. The van der Waals surface area contributed by atoms with Crippen LogP contribution in [0.15, 0.2) is 35.8 Å². The van der Waals surface area contributed by atoms with Gasteiger partial charge in [0.25, 0.3) is 10.1 Å². The molecule has 4 heteroatoms. The first-order valence-corrected chi connectivity index (χ1v) is 5.08. The number of hydrogen-bond donors (Lipinski definition) is 1. The summed E-state index contributed by atoms with van der Waals surface area (Å²) in [7, 11) is -4.07. The Morgan fingerprint density at radius 3 is 1.69 bits per heavy atom. The maximum Gasteiger partial charge on any atom is 0.293 e. The first-order valence-electron chi connectivity index (χ1n) is 3.64. The lowest BCUT2D eigenvalue weighted by Gasteiger charge is -1.88. The fourth-order valence-corrected chi connectivity index (χ4v) is 0.316. The van der Waals surface area contributed by atoms with E-state index >= 15 is 0 Å². The molecule has 0 spiro atoms. The van der Waals surface area contributed by atoms with E-state index in [1.165, 1.54) is 5.57 Å². The molecule has 0 aromatic heterocycles. The Bertz CT molecular complexity index is 293. The molecule has 0 radical (unpaired) electrons. The summed E-state index contributed by atoms with van der Waals surface area (Å²) in [6.45, 7) is 12.3. The molecule has 0 aliphatic carbocycles. The van der Waals surface area contributed by atoms with Gasteiger partial charge >= 0.3 is 0 Å². The van der Waals surface area contributed by atoms with E-state index in [1.54, 1.807) is 0 Å². The molecule has 0 aliphatic heterocycles. The lowest BCUT2D eigenvalue weighted by molar-refractivity contribution is 0.492. The Morgan fingerprint density at radius 2 is 1.69 bits per heavy atom. The second kappa shape index (κ2) is 6.62. The van der Waals surface area contributed by atoms with Crippen LogP contribution in [-0.2, 0) is 10.1 Å². The van der Waals surface area contributed by atoms with Gasteiger partial charge in [0.15, 0.2) is 0 Å². The summed E-state index contributed by atoms with van der Waals surface area (Å²) in [5, 5.41) is 0. The van der Waals surface area contributed by atoms with Crippen molar-refractivity contribution in [3.63, 3.8) is 0 Å². The SMILES string of the molecule is C=CC(=C)S(=O)(=O)O.CC=C(C)C. The Kier molecular flexibility index (Phi) is 7.46. The highest BCUT2D eigenvalue weighted by molar-refractivity contribution is 7.90. The summed E-state index contributed by atoms with van der Waals surface area (Å²) in [5.74, 6) is 0. The van der Waals surface area contributed by atoms with Crippen molar-refractivity contribution < 1.29 is 13.0 Å². The van der Waals surface area contributed by atoms with E-state index in [-0.39, 0.29) is 4.91 Å². The number of allylic oxidation sites excluding steroid dienone is 3. The van der Waals surface area contributed by atoms with Crippen LogP contribution in [0, 0.1) is 0 Å². The molecule has 13 heavy (non-hydrogen) atoms. The average Bonchev–Trinajstić information content (AvgIpc) is 2.02. The van der Waals surface area contributed by atoms with Crippen molar-refractivity contribution in [2.45, 2.75) is 20.8 Å². The normalized spacial score (nSPS) is 9.23. The summed E-state index contributed by atoms with van der Waals surface area (Å²) in [6.07, 6.45) is 3.05. The van der Waals surface area contributed by atoms with Gasteiger partial charge in [-0.3, -0.25) is 4.55 Å². The Morgan fingerprint density at radius 1 is 1.38 bits per heavy atom. The number of hydrogen-bond acceptors (Lipinski definition) is 2. The molecule has 0 fully saturated rings. The topological polar surface area (TPSA) is 54.4 Å². The smallest absolute Gasteiger partial charge is 0.282 e. The summed E-state index contributed by atoms with van der Waals surface area (Å²) in [5.41, 5.74) is 1.38. The van der Waals surface area contributed by atoms with Gasteiger partial charge in [-0.15, -0.1) is 0 Å². The quantitative estimate of drug-likeness (QED) is 0.427. The maximum atomic E-state index is 9.95. The molecule has 0 saturated heterocycles. The van der Waals surface area contributed by atoms with Crippen molar-refractivity contribution in [1.82, 2.24) is 0 Å². The molecule has 0 heterocycles. The Hall–Kier alpha value is -0.870. The van der Waals surface area contributed by atoms with Crippen LogP contribution in [-0.4, -0.2) is 13.0 Å². The first-order chi connectivity index (χ1) is 5.75. The molecule has 0 atom stereocenters. The molecule has 0 rings (SSSR count). The fraction of sp³-hybridized carbons (Fsp3) is 0.333. The van der Waals surface area contributed by atoms with Gasteiger partial charge < -0.3 is 0 Å². The van der Waals surface area contributed by atoms with Crippen LogP contribution in [0.5, 0.6) is 0 Å². The third-order valence-corrected chi connectivity index (χ3v) is 1.97. The highest BCUT2D eigenvalue weighted by Gasteiger charge is 2.03. The summed E-state index contributed by atoms with van der Waals surface area (Å²) >= 11 is 0. The van der Waals surface area contributed by atoms with Crippen LogP contribution in [0.25, 0.3) is 0 Å². The Balaban J connectivity index is 0. The molecule has 0 aromatic rings. The van der Waals surface area contributed by atoms with Gasteiger partial charge in [-0.25, -0.2) is 0 Å². The molecular formula is C9H16O3S. The van der Waals surface area contributed by atoms with E-state index in [1.807, 2.05) is 6.92 Å². The predicted octanol–water partition coefficient (Wildman–Crippen LogP) is 2.55. The highest BCUT2D eigenvalue weighted by Crippen LogP contribution is 1.98. The van der Waals surface area contributed by atoms with E-state index in [2.05, 4.69) is 33.1 Å². The minimum atomic E-state index is -4.07. The largest absolute Gasteiger partial charge is 0.293 e. The van der Waals surface area contributed by atoms with Gasteiger partial charge in [0.05, 0.1) is 4.91 Å². The zero-order valence-electron chi connectivity index (χ0n) is 8.24. The van der Waals surface area contributed by atoms with Crippen molar-refractivity contribution in [2.24, 2.45) is 0 Å². The van der Waals surface area contributed by atoms with Gasteiger partial charge in [-0.2, -0.15) is 8.42 Å². The molecule has 0 saturated carbocycles. The standard InChI is InChI=1S/C5H10.C4H6O3S/c1-4-5(2)3;1-3-4(2)8(5,6)7/h4H,1-3H3;3H,1-2H2,(H,5,6,7). The van der Waals surface area contributed by atoms with Crippen LogP contribution < -0.4 is 0 Å². The third-order valence-electron chi connectivity index (χ3n) is 1.14. The zero-order valence-corrected chi connectivity index (χ0v) is 9.06. The van der Waals surface area contributed by atoms with Gasteiger partial charge in [0.1, 0.15) is 0 Å². The average molecular weight is 204 g/mol. The lowest BCUT2D eigenvalue weighted by Crippen LogP contribution is -1.96. The van der Waals surface area contributed by atoms with E-state index in [0.29, 0.717) is 0 Å². The minimum absolute atomic E-state index is 0.377. The molecule has 76 valence electrons. The fourth-order valence-electron chi connectivity index (χ4n) is 0.105. The summed E-state index contributed by atoms with van der Waals surface area (Å²) in [6, 6.07) is 0. The lowest BCUT2D eigenvalue weighted by atomic mass is 10.3. The Labute approximate surface area is 80.2 Å². The summed E-state index contributed by atoms with van der Waals surface area (Å²) in [4.78, 5) is -0.377. The van der Waals surface area contributed by atoms with Gasteiger partial charge in [-0.1, -0.05) is 24.8 Å². The van der Waals surface area contributed by atoms with Crippen LogP contribution in [0.2, 0.25) is 0 Å². The molecule has 3 nitrogen and oxygen atoms in total. The van der Waals surface area contributed by atoms with Crippen LogP contribution in [0.1, 0.15) is 20.8 Å². The van der Waals surface area contributed by atoms with Crippen molar-refractivity contribution in [3.05, 3.63) is 35.8 Å². The van der Waals surface area contributed by atoms with Crippen LogP contribution in [0.4, 0.5) is 0 Å². The second-order valence-electron chi connectivity index (χ2n) is 2.51. The maximum absolute atomic E-state index is 9.95. The van der Waals surface area contributed by atoms with Gasteiger partial charge in [0.2, 0.25) is 0 Å². The minimum Gasteiger partial charge on any atom is -0.282 e. The van der Waals surface area contributed by atoms with E-state index in [4.69, 9.17) is 4.55 Å². The van der Waals surface area contributed by atoms with Crippen molar-refractivity contribution in [2.75, 3.05) is 0 Å². The highest BCUT2D eigenvalue weighted by atomic mass is 32.2. The van der Waals surface area contributed by atoms with E-state index < -0.39 is 10.1 Å². The van der Waals surface area contributed by atoms with Crippen molar-refractivity contribution in [1.29, 1.82) is 0 Å². The third kappa shape index (κ3) is 11.1. The molecule has 0 unspecified atom stereocenters. The van der Waals surface area contributed by atoms with E-state index in [0.717, 1.165) is 6.08 Å². The first kappa shape index (κ1) is 14.6. The van der Waals surface area contributed by atoms with Crippen molar-refractivity contribution in [3.8, 4) is 0 Å². The zero-order chi connectivity index (χ0) is 11.1. The van der Waals surface area contributed by atoms with Gasteiger partial charge in [-0.05, 0) is 26.8 Å². The van der Waals surface area contributed by atoms with Crippen LogP contribution >= 0.6 is 0 Å². The summed E-state index contributed by atoms with van der Waals surface area (Å²) < 4.78 is 28.0. The monoisotopic (exact) mass is 204 g/mol. The van der Waals surface area contributed by atoms with Crippen LogP contribution in [0.3, 0.4) is 0 Å². The number of rotatable bonds is 2. The second-order valence-corrected chi connectivity index (χ2v) is 3.99. The van der Waals surface area contributed by atoms with Gasteiger partial charge in [0, 0.05) is 0 Å².